The van der Waals surface area contributed by atoms with Gasteiger partial charge in [0.15, 0.2) is 0 Å². The lowest BCUT2D eigenvalue weighted by Crippen LogP contribution is -2.19. The maximum atomic E-state index is 13.0. The molecule has 1 aliphatic carbocycles. The monoisotopic (exact) mass is 406 g/mol. The molecule has 3 aromatic rings. The summed E-state index contributed by atoms with van der Waals surface area (Å²) in [5, 5.41) is 3.43. The Morgan fingerprint density at radius 2 is 1.83 bits per heavy atom. The first kappa shape index (κ1) is 19.2. The van der Waals surface area contributed by atoms with Crippen molar-refractivity contribution in [3.63, 3.8) is 0 Å². The number of thiophene rings is 1. The van der Waals surface area contributed by atoms with Crippen molar-refractivity contribution in [3.05, 3.63) is 76.2 Å². The van der Waals surface area contributed by atoms with E-state index in [0.29, 0.717) is 33.5 Å². The Morgan fingerprint density at radius 3 is 2.59 bits per heavy atom. The molecular formula is C23H22N2O3S. The summed E-state index contributed by atoms with van der Waals surface area (Å²) in [5.74, 6) is 0.829. The average Bonchev–Trinajstić information content (AvgIpc) is 3.06. The molecule has 0 spiro atoms. The van der Waals surface area contributed by atoms with Gasteiger partial charge in [-0.15, -0.1) is 11.3 Å². The number of primary amides is 1. The Bertz CT molecular complexity index is 1060. The van der Waals surface area contributed by atoms with Crippen LogP contribution in [0.1, 0.15) is 44.5 Å². The molecule has 1 atom stereocenters. The van der Waals surface area contributed by atoms with E-state index in [9.17, 15) is 9.59 Å². The number of nitrogens with two attached hydrogens (primary N) is 1. The molecule has 0 radical (unpaired) electrons. The molecule has 148 valence electrons. The van der Waals surface area contributed by atoms with E-state index in [1.807, 2.05) is 36.4 Å². The quantitative estimate of drug-likeness (QED) is 0.624. The molecule has 3 N–H and O–H groups in total. The summed E-state index contributed by atoms with van der Waals surface area (Å²) in [5.41, 5.74) is 7.49. The third kappa shape index (κ3) is 4.03. The molecule has 29 heavy (non-hydrogen) atoms. The Kier molecular flexibility index (Phi) is 5.36. The van der Waals surface area contributed by atoms with Crippen molar-refractivity contribution >= 4 is 28.2 Å². The second-order valence-electron chi connectivity index (χ2n) is 7.29. The van der Waals surface area contributed by atoms with Crippen molar-refractivity contribution in [2.24, 2.45) is 11.7 Å². The minimum atomic E-state index is -0.499. The predicted molar refractivity (Wildman–Crippen MR) is 115 cm³/mol. The minimum absolute atomic E-state index is 0.328. The Hall–Kier alpha value is -3.12. The van der Waals surface area contributed by atoms with Gasteiger partial charge in [-0.2, -0.15) is 0 Å². The number of ether oxygens (including phenoxy) is 1. The van der Waals surface area contributed by atoms with E-state index < -0.39 is 5.91 Å². The van der Waals surface area contributed by atoms with E-state index in [1.54, 1.807) is 18.2 Å². The van der Waals surface area contributed by atoms with E-state index in [1.165, 1.54) is 11.3 Å². The topological polar surface area (TPSA) is 81.4 Å². The van der Waals surface area contributed by atoms with Crippen LogP contribution in [0.2, 0.25) is 0 Å². The summed E-state index contributed by atoms with van der Waals surface area (Å²) in [6.45, 7) is 2.20. The first-order chi connectivity index (χ1) is 14.0. The van der Waals surface area contributed by atoms with Crippen molar-refractivity contribution in [2.75, 3.05) is 5.32 Å². The zero-order valence-electron chi connectivity index (χ0n) is 16.1. The fraction of sp³-hybridized carbons (Fsp3) is 0.217. The standard InChI is InChI=1S/C23H22N2O3S/c1-14-11-12-17-19(13-14)29-23(20(17)21(24)26)25-22(27)16-9-5-6-10-18(16)28-15-7-3-2-4-8-15/h2-10,14H,11-13H2,1H3,(H2,24,26)(H,25,27)/t14-/m1/s1. The second-order valence-corrected chi connectivity index (χ2v) is 8.39. The molecular weight excluding hydrogens is 384 g/mol. The number of anilines is 1. The van der Waals surface area contributed by atoms with Gasteiger partial charge in [-0.05, 0) is 55.0 Å². The molecule has 1 aromatic heterocycles. The van der Waals surface area contributed by atoms with Crippen molar-refractivity contribution in [1.29, 1.82) is 0 Å². The van der Waals surface area contributed by atoms with Crippen molar-refractivity contribution in [3.8, 4) is 11.5 Å². The highest BCUT2D eigenvalue weighted by Gasteiger charge is 2.27. The lowest BCUT2D eigenvalue weighted by molar-refractivity contribution is 0.1000. The van der Waals surface area contributed by atoms with Crippen LogP contribution in [-0.2, 0) is 12.8 Å². The summed E-state index contributed by atoms with van der Waals surface area (Å²) < 4.78 is 5.89. The Balaban J connectivity index is 1.63. The highest BCUT2D eigenvalue weighted by molar-refractivity contribution is 7.17. The fourth-order valence-electron chi connectivity index (χ4n) is 3.63. The van der Waals surface area contributed by atoms with Crippen LogP contribution in [0.15, 0.2) is 54.6 Å². The summed E-state index contributed by atoms with van der Waals surface area (Å²) in [7, 11) is 0. The summed E-state index contributed by atoms with van der Waals surface area (Å²) in [4.78, 5) is 26.3. The highest BCUT2D eigenvalue weighted by atomic mass is 32.1. The fourth-order valence-corrected chi connectivity index (χ4v) is 5.04. The number of amides is 2. The third-order valence-corrected chi connectivity index (χ3v) is 6.26. The normalized spacial score (nSPS) is 15.4. The molecule has 4 rings (SSSR count). The highest BCUT2D eigenvalue weighted by Crippen LogP contribution is 2.40. The average molecular weight is 407 g/mol. The Morgan fingerprint density at radius 1 is 1.10 bits per heavy atom. The van der Waals surface area contributed by atoms with Gasteiger partial charge in [-0.3, -0.25) is 9.59 Å². The number of nitrogens with one attached hydrogen (secondary N) is 1. The van der Waals surface area contributed by atoms with Crippen molar-refractivity contribution in [1.82, 2.24) is 0 Å². The van der Waals surface area contributed by atoms with Gasteiger partial charge < -0.3 is 15.8 Å². The molecule has 5 nitrogen and oxygen atoms in total. The Labute approximate surface area is 173 Å². The molecule has 0 saturated heterocycles. The van der Waals surface area contributed by atoms with Gasteiger partial charge in [0.25, 0.3) is 11.8 Å². The molecule has 0 fully saturated rings. The van der Waals surface area contributed by atoms with E-state index in [-0.39, 0.29) is 5.91 Å². The van der Waals surface area contributed by atoms with Crippen LogP contribution in [0.3, 0.4) is 0 Å². The van der Waals surface area contributed by atoms with E-state index in [0.717, 1.165) is 29.7 Å². The third-order valence-electron chi connectivity index (χ3n) is 5.09. The zero-order valence-corrected chi connectivity index (χ0v) is 16.9. The largest absolute Gasteiger partial charge is 0.457 e. The number of hydrogen-bond donors (Lipinski definition) is 2. The van der Waals surface area contributed by atoms with E-state index in [2.05, 4.69) is 12.2 Å². The van der Waals surface area contributed by atoms with Crippen LogP contribution in [0.25, 0.3) is 0 Å². The van der Waals surface area contributed by atoms with Gasteiger partial charge >= 0.3 is 0 Å². The smallest absolute Gasteiger partial charge is 0.260 e. The maximum absolute atomic E-state index is 13.0. The molecule has 1 aliphatic rings. The van der Waals surface area contributed by atoms with Crippen LogP contribution in [0, 0.1) is 5.92 Å². The number of benzene rings is 2. The number of rotatable bonds is 5. The number of para-hydroxylation sites is 2. The van der Waals surface area contributed by atoms with E-state index >= 15 is 0 Å². The first-order valence-corrected chi connectivity index (χ1v) is 10.4. The molecule has 6 heteroatoms. The first-order valence-electron chi connectivity index (χ1n) is 9.60. The van der Waals surface area contributed by atoms with Gasteiger partial charge in [0.2, 0.25) is 0 Å². The molecule has 2 amide bonds. The van der Waals surface area contributed by atoms with Crippen LogP contribution >= 0.6 is 11.3 Å². The summed E-state index contributed by atoms with van der Waals surface area (Å²) in [6, 6.07) is 16.3. The molecule has 0 aliphatic heterocycles. The minimum Gasteiger partial charge on any atom is -0.457 e. The predicted octanol–water partition coefficient (Wildman–Crippen LogP) is 5.02. The number of fused-ring (bicyclic) bond motifs is 1. The number of carbonyl (C=O) groups excluding carboxylic acids is 2. The molecule has 0 unspecified atom stereocenters. The number of hydrogen-bond acceptors (Lipinski definition) is 4. The van der Waals surface area contributed by atoms with Gasteiger partial charge in [-0.1, -0.05) is 37.3 Å². The van der Waals surface area contributed by atoms with Gasteiger partial charge in [0.1, 0.15) is 16.5 Å². The van der Waals surface area contributed by atoms with Crippen LogP contribution in [0.5, 0.6) is 11.5 Å². The SMILES string of the molecule is C[C@@H]1CCc2c(sc(NC(=O)c3ccccc3Oc3ccccc3)c2C(N)=O)C1. The van der Waals surface area contributed by atoms with Crippen LogP contribution in [0.4, 0.5) is 5.00 Å². The summed E-state index contributed by atoms with van der Waals surface area (Å²) >= 11 is 1.45. The van der Waals surface area contributed by atoms with E-state index in [4.69, 9.17) is 10.5 Å². The van der Waals surface area contributed by atoms with Crippen molar-refractivity contribution in [2.45, 2.75) is 26.2 Å². The van der Waals surface area contributed by atoms with Crippen LogP contribution in [-0.4, -0.2) is 11.8 Å². The maximum Gasteiger partial charge on any atom is 0.260 e. The van der Waals surface area contributed by atoms with Crippen molar-refractivity contribution < 1.29 is 14.3 Å². The lowest BCUT2D eigenvalue weighted by Gasteiger charge is -2.18. The number of carbonyl (C=O) groups is 2. The second kappa shape index (κ2) is 8.09. The zero-order chi connectivity index (χ0) is 20.4. The molecule has 2 aromatic carbocycles. The molecule has 0 bridgehead atoms. The lowest BCUT2D eigenvalue weighted by atomic mass is 9.88. The van der Waals surface area contributed by atoms with Crippen LogP contribution < -0.4 is 15.8 Å². The molecule has 0 saturated carbocycles. The van der Waals surface area contributed by atoms with Gasteiger partial charge in [0, 0.05) is 4.88 Å². The molecule has 1 heterocycles. The van der Waals surface area contributed by atoms with Gasteiger partial charge in [-0.25, -0.2) is 0 Å². The summed E-state index contributed by atoms with van der Waals surface area (Å²) in [6.07, 6.45) is 2.74. The van der Waals surface area contributed by atoms with Gasteiger partial charge in [0.05, 0.1) is 11.1 Å².